The molecule has 0 amide bonds. The van der Waals surface area contributed by atoms with E-state index in [0.29, 0.717) is 42.6 Å². The number of methoxy groups -OCH3 is 1. The summed E-state index contributed by atoms with van der Waals surface area (Å²) in [4.78, 5) is 18.3. The van der Waals surface area contributed by atoms with Gasteiger partial charge in [-0.2, -0.15) is 0 Å². The molecule has 1 aliphatic rings. The second-order valence-electron chi connectivity index (χ2n) is 9.37. The molecule has 1 saturated heterocycles. The van der Waals surface area contributed by atoms with Gasteiger partial charge < -0.3 is 15.6 Å². The Hall–Kier alpha value is -3.32. The van der Waals surface area contributed by atoms with Gasteiger partial charge in [-0.1, -0.05) is 23.4 Å². The number of pyridine rings is 1. The molecule has 1 fully saturated rings. The largest absolute Gasteiger partial charge is 0.497 e. The summed E-state index contributed by atoms with van der Waals surface area (Å²) >= 11 is 6.47. The Balaban J connectivity index is 1.42. The predicted octanol–water partition coefficient (Wildman–Crippen LogP) is 5.17. The summed E-state index contributed by atoms with van der Waals surface area (Å²) in [6, 6.07) is 6.33. The van der Waals surface area contributed by atoms with Crippen LogP contribution in [0.5, 0.6) is 5.75 Å². The van der Waals surface area contributed by atoms with Gasteiger partial charge in [-0.3, -0.25) is 14.7 Å². The van der Waals surface area contributed by atoms with Crippen molar-refractivity contribution in [2.24, 2.45) is 17.6 Å². The maximum Gasteiger partial charge on any atom is 0.308 e. The number of nitrogens with zero attached hydrogens (tertiary/aromatic N) is 2. The number of likely N-dealkylation sites (tertiary alicyclic amines) is 1. The summed E-state index contributed by atoms with van der Waals surface area (Å²) in [5, 5.41) is 11.1. The van der Waals surface area contributed by atoms with Gasteiger partial charge >= 0.3 is 5.97 Å². The first kappa shape index (κ1) is 27.7. The lowest BCUT2D eigenvalue weighted by atomic mass is 9.81. The van der Waals surface area contributed by atoms with Gasteiger partial charge in [-0.15, -0.1) is 0 Å². The number of ether oxygens (including phenoxy) is 1. The number of rotatable bonds is 7. The highest BCUT2D eigenvalue weighted by Crippen LogP contribution is 2.36. The molecule has 6 nitrogen and oxygen atoms in total. The highest BCUT2D eigenvalue weighted by molar-refractivity contribution is 6.32. The molecule has 0 aliphatic carbocycles. The summed E-state index contributed by atoms with van der Waals surface area (Å²) in [5.41, 5.74) is 7.67. The van der Waals surface area contributed by atoms with E-state index in [9.17, 15) is 23.1 Å². The second kappa shape index (κ2) is 12.0. The van der Waals surface area contributed by atoms with Gasteiger partial charge in [0.15, 0.2) is 11.6 Å². The van der Waals surface area contributed by atoms with Crippen LogP contribution in [-0.4, -0.2) is 47.7 Å². The average molecular weight is 546 g/mol. The van der Waals surface area contributed by atoms with Crippen LogP contribution in [0.25, 0.3) is 10.9 Å². The van der Waals surface area contributed by atoms with Gasteiger partial charge in [0.05, 0.1) is 35.7 Å². The molecule has 2 heterocycles. The first-order chi connectivity index (χ1) is 18.2. The molecule has 3 aromatic rings. The van der Waals surface area contributed by atoms with Crippen LogP contribution < -0.4 is 10.5 Å². The number of benzene rings is 2. The van der Waals surface area contributed by atoms with Crippen molar-refractivity contribution in [3.8, 4) is 17.6 Å². The van der Waals surface area contributed by atoms with Crippen molar-refractivity contribution in [3.05, 3.63) is 70.1 Å². The Kier molecular flexibility index (Phi) is 8.77. The number of aromatic nitrogens is 1. The van der Waals surface area contributed by atoms with E-state index in [1.54, 1.807) is 19.4 Å². The molecule has 3 unspecified atom stereocenters. The number of carboxylic acids is 1. The van der Waals surface area contributed by atoms with Crippen molar-refractivity contribution in [3.63, 3.8) is 0 Å². The number of hydrogen-bond acceptors (Lipinski definition) is 5. The van der Waals surface area contributed by atoms with E-state index >= 15 is 0 Å². The smallest absolute Gasteiger partial charge is 0.308 e. The molecule has 1 aromatic heterocycles. The third kappa shape index (κ3) is 6.21. The molecule has 38 heavy (non-hydrogen) atoms. The molecule has 200 valence electrons. The molecule has 0 spiro atoms. The van der Waals surface area contributed by atoms with E-state index < -0.39 is 35.4 Å². The van der Waals surface area contributed by atoms with E-state index in [2.05, 4.69) is 16.8 Å². The fraction of sp³-hybridized carbons (Fsp3) is 0.357. The third-order valence-corrected chi connectivity index (χ3v) is 7.26. The highest BCUT2D eigenvalue weighted by Gasteiger charge is 2.34. The number of carbonyl (C=O) groups is 1. The zero-order valence-electron chi connectivity index (χ0n) is 20.7. The third-order valence-electron chi connectivity index (χ3n) is 6.96. The maximum absolute atomic E-state index is 13.8. The number of hydrogen-bond donors (Lipinski definition) is 2. The lowest BCUT2D eigenvalue weighted by molar-refractivity contribution is -0.146. The Morgan fingerprint density at radius 1 is 1.32 bits per heavy atom. The minimum atomic E-state index is -1.31. The average Bonchev–Trinajstić information content (AvgIpc) is 2.89. The quantitative estimate of drug-likeness (QED) is 0.315. The monoisotopic (exact) mass is 545 g/mol. The van der Waals surface area contributed by atoms with E-state index in [0.717, 1.165) is 22.5 Å². The molecular weight excluding hydrogens is 519 g/mol. The molecule has 1 aliphatic heterocycles. The minimum Gasteiger partial charge on any atom is -0.497 e. The number of piperidine rings is 1. The van der Waals surface area contributed by atoms with Crippen LogP contribution in [0, 0.1) is 41.1 Å². The molecule has 3 N–H and O–H groups in total. The zero-order chi connectivity index (χ0) is 27.4. The van der Waals surface area contributed by atoms with Crippen LogP contribution in [0.15, 0.2) is 36.5 Å². The Morgan fingerprint density at radius 2 is 2.11 bits per heavy atom. The number of carboxylic acid groups (broad SMARTS) is 1. The standard InChI is InChI=1S/C28H27ClF3N3O3/c1-38-19-5-7-25-20(13-19)26(22(29)14-34-25)24(33)6-4-16-8-10-35(15-21(16)28(36)37)9-2-3-17-11-18(30)12-23(31)27(17)32/h5,7,11-14,16,21,24H,4,6,8-10,15,33H2,1H3,(H,36,37). The first-order valence-corrected chi connectivity index (χ1v) is 12.5. The SMILES string of the molecule is COc1ccc2ncc(Cl)c(C(N)CCC3CCN(CC#Cc4cc(F)cc(F)c4F)CC3C(=O)O)c2c1. The lowest BCUT2D eigenvalue weighted by Gasteiger charge is -2.36. The molecule has 0 radical (unpaired) electrons. The molecule has 0 bridgehead atoms. The van der Waals surface area contributed by atoms with E-state index in [4.69, 9.17) is 22.1 Å². The molecule has 4 rings (SSSR count). The molecular formula is C28H27ClF3N3O3. The van der Waals surface area contributed by atoms with Crippen molar-refractivity contribution in [2.75, 3.05) is 26.7 Å². The van der Waals surface area contributed by atoms with Gasteiger partial charge in [0.2, 0.25) is 0 Å². The van der Waals surface area contributed by atoms with Crippen LogP contribution in [0.1, 0.15) is 36.4 Å². The number of aliphatic carboxylic acids is 1. The predicted molar refractivity (Wildman–Crippen MR) is 138 cm³/mol. The highest BCUT2D eigenvalue weighted by atomic mass is 35.5. The maximum atomic E-state index is 13.8. The molecule has 10 heteroatoms. The molecule has 2 aromatic carbocycles. The summed E-state index contributed by atoms with van der Waals surface area (Å²) in [6.45, 7) is 0.975. The van der Waals surface area contributed by atoms with E-state index in [1.165, 1.54) is 0 Å². The summed E-state index contributed by atoms with van der Waals surface area (Å²) in [5.74, 6) is 0.691. The number of fused-ring (bicyclic) bond motifs is 1. The summed E-state index contributed by atoms with van der Waals surface area (Å²) < 4.78 is 45.9. The van der Waals surface area contributed by atoms with Crippen LogP contribution >= 0.6 is 11.6 Å². The van der Waals surface area contributed by atoms with E-state index in [-0.39, 0.29) is 24.6 Å². The topological polar surface area (TPSA) is 88.7 Å². The molecule has 0 saturated carbocycles. The van der Waals surface area contributed by atoms with Gasteiger partial charge in [0, 0.05) is 30.2 Å². The Morgan fingerprint density at radius 3 is 2.84 bits per heavy atom. The van der Waals surface area contributed by atoms with Gasteiger partial charge in [-0.25, -0.2) is 13.2 Å². The number of nitrogens with two attached hydrogens (primary N) is 1. The van der Waals surface area contributed by atoms with Crippen LogP contribution in [0.2, 0.25) is 5.02 Å². The van der Waals surface area contributed by atoms with E-state index in [1.807, 2.05) is 17.0 Å². The van der Waals surface area contributed by atoms with Crippen LogP contribution in [-0.2, 0) is 4.79 Å². The Bertz CT molecular complexity index is 1410. The Labute approximate surface area is 223 Å². The number of halogens is 4. The van der Waals surface area contributed by atoms with Crippen molar-refractivity contribution < 1.29 is 27.8 Å². The lowest BCUT2D eigenvalue weighted by Crippen LogP contribution is -2.44. The van der Waals surface area contributed by atoms with Gasteiger partial charge in [0.1, 0.15) is 11.6 Å². The van der Waals surface area contributed by atoms with Gasteiger partial charge in [-0.05, 0) is 61.6 Å². The van der Waals surface area contributed by atoms with Crippen molar-refractivity contribution in [1.82, 2.24) is 9.88 Å². The minimum absolute atomic E-state index is 0.112. The van der Waals surface area contributed by atoms with Crippen LogP contribution in [0.3, 0.4) is 0 Å². The zero-order valence-corrected chi connectivity index (χ0v) is 21.4. The van der Waals surface area contributed by atoms with Gasteiger partial charge in [0.25, 0.3) is 0 Å². The van der Waals surface area contributed by atoms with Crippen molar-refractivity contribution in [2.45, 2.75) is 25.3 Å². The van der Waals surface area contributed by atoms with Crippen molar-refractivity contribution in [1.29, 1.82) is 0 Å². The second-order valence-corrected chi connectivity index (χ2v) is 9.77. The first-order valence-electron chi connectivity index (χ1n) is 12.1. The van der Waals surface area contributed by atoms with Crippen LogP contribution in [0.4, 0.5) is 13.2 Å². The normalized spacial score (nSPS) is 18.6. The fourth-order valence-corrected chi connectivity index (χ4v) is 5.23. The molecule has 3 atom stereocenters. The fourth-order valence-electron chi connectivity index (χ4n) is 4.94. The summed E-state index contributed by atoms with van der Waals surface area (Å²) in [7, 11) is 1.57. The van der Waals surface area contributed by atoms with Crippen molar-refractivity contribution >= 4 is 28.5 Å². The summed E-state index contributed by atoms with van der Waals surface area (Å²) in [6.07, 6.45) is 3.27.